The fourth-order valence-corrected chi connectivity index (χ4v) is 2.07. The standard InChI is InChI=1S/C7H8N2OS/c1-9-4-11-6-3-8-7(10)2-5(6)9/h2-3H,4H2,1H3,(H,8,10). The molecule has 0 aromatic carbocycles. The van der Waals surface area contributed by atoms with Gasteiger partial charge in [0.15, 0.2) is 0 Å². The molecule has 0 aliphatic carbocycles. The lowest BCUT2D eigenvalue weighted by atomic mass is 10.4. The van der Waals surface area contributed by atoms with Crippen molar-refractivity contribution in [3.05, 3.63) is 22.6 Å². The Hall–Kier alpha value is -0.900. The second-order valence-corrected chi connectivity index (χ2v) is 3.50. The van der Waals surface area contributed by atoms with Gasteiger partial charge in [0.05, 0.1) is 11.6 Å². The molecule has 4 heteroatoms. The van der Waals surface area contributed by atoms with Crippen molar-refractivity contribution >= 4 is 17.4 Å². The number of nitrogens with zero attached hydrogens (tertiary/aromatic N) is 1. The summed E-state index contributed by atoms with van der Waals surface area (Å²) in [6.45, 7) is 0. The highest BCUT2D eigenvalue weighted by Gasteiger charge is 2.15. The van der Waals surface area contributed by atoms with Crippen LogP contribution in [0.5, 0.6) is 0 Å². The maximum atomic E-state index is 10.9. The van der Waals surface area contributed by atoms with Crippen LogP contribution in [0.1, 0.15) is 0 Å². The number of fused-ring (bicyclic) bond motifs is 1. The molecule has 0 amide bonds. The Morgan fingerprint density at radius 1 is 1.73 bits per heavy atom. The molecule has 2 rings (SSSR count). The molecule has 2 heterocycles. The molecular formula is C7H8N2OS. The maximum absolute atomic E-state index is 10.9. The SMILES string of the molecule is CN1CSc2c[nH]c(=O)cc21. The molecule has 0 fully saturated rings. The minimum Gasteiger partial charge on any atom is -0.364 e. The van der Waals surface area contributed by atoms with E-state index in [2.05, 4.69) is 9.88 Å². The number of hydrogen-bond acceptors (Lipinski definition) is 3. The predicted molar refractivity (Wildman–Crippen MR) is 46.2 cm³/mol. The fourth-order valence-electron chi connectivity index (χ4n) is 1.10. The van der Waals surface area contributed by atoms with E-state index in [-0.39, 0.29) is 5.56 Å². The Morgan fingerprint density at radius 2 is 2.55 bits per heavy atom. The zero-order valence-corrected chi connectivity index (χ0v) is 6.94. The van der Waals surface area contributed by atoms with Crippen molar-refractivity contribution in [3.8, 4) is 0 Å². The van der Waals surface area contributed by atoms with E-state index >= 15 is 0 Å². The van der Waals surface area contributed by atoms with Gasteiger partial charge in [0.2, 0.25) is 5.56 Å². The van der Waals surface area contributed by atoms with E-state index in [1.807, 2.05) is 7.05 Å². The fraction of sp³-hybridized carbons (Fsp3) is 0.286. The molecule has 1 aliphatic heterocycles. The van der Waals surface area contributed by atoms with E-state index < -0.39 is 0 Å². The van der Waals surface area contributed by atoms with Crippen LogP contribution in [0.3, 0.4) is 0 Å². The summed E-state index contributed by atoms with van der Waals surface area (Å²) in [6.07, 6.45) is 1.77. The number of thioether (sulfide) groups is 1. The Balaban J connectivity index is 2.60. The maximum Gasteiger partial charge on any atom is 0.250 e. The third-order valence-electron chi connectivity index (χ3n) is 1.69. The molecule has 11 heavy (non-hydrogen) atoms. The van der Waals surface area contributed by atoms with E-state index in [0.29, 0.717) is 0 Å². The number of aromatic amines is 1. The van der Waals surface area contributed by atoms with Crippen LogP contribution in [0.4, 0.5) is 5.69 Å². The van der Waals surface area contributed by atoms with Gasteiger partial charge < -0.3 is 9.88 Å². The van der Waals surface area contributed by atoms with Gasteiger partial charge in [-0.15, -0.1) is 11.8 Å². The van der Waals surface area contributed by atoms with E-state index in [9.17, 15) is 4.79 Å². The van der Waals surface area contributed by atoms with Crippen molar-refractivity contribution < 1.29 is 0 Å². The third-order valence-corrected chi connectivity index (χ3v) is 2.85. The summed E-state index contributed by atoms with van der Waals surface area (Å²) < 4.78 is 0. The molecule has 0 bridgehead atoms. The summed E-state index contributed by atoms with van der Waals surface area (Å²) in [4.78, 5) is 16.8. The van der Waals surface area contributed by atoms with Gasteiger partial charge in [0, 0.05) is 24.2 Å². The number of rotatable bonds is 0. The third kappa shape index (κ3) is 1.03. The molecule has 1 aromatic rings. The van der Waals surface area contributed by atoms with Gasteiger partial charge in [0.25, 0.3) is 0 Å². The predicted octanol–water partition coefficient (Wildman–Crippen LogP) is 0.874. The molecule has 0 spiro atoms. The highest BCUT2D eigenvalue weighted by atomic mass is 32.2. The number of pyridine rings is 1. The Bertz CT molecular complexity index is 333. The quantitative estimate of drug-likeness (QED) is 0.624. The molecule has 0 saturated heterocycles. The largest absolute Gasteiger partial charge is 0.364 e. The second-order valence-electron chi connectivity index (χ2n) is 2.52. The molecule has 58 valence electrons. The first-order valence-electron chi connectivity index (χ1n) is 3.34. The van der Waals surface area contributed by atoms with Crippen molar-refractivity contribution in [2.75, 3.05) is 17.8 Å². The Morgan fingerprint density at radius 3 is 3.36 bits per heavy atom. The van der Waals surface area contributed by atoms with Crippen molar-refractivity contribution in [1.82, 2.24) is 4.98 Å². The Kier molecular flexibility index (Phi) is 1.42. The molecule has 0 radical (unpaired) electrons. The molecular weight excluding hydrogens is 160 g/mol. The first-order chi connectivity index (χ1) is 5.27. The lowest BCUT2D eigenvalue weighted by Gasteiger charge is -2.08. The minimum atomic E-state index is -0.0295. The zero-order chi connectivity index (χ0) is 7.84. The normalized spacial score (nSPS) is 15.2. The first-order valence-corrected chi connectivity index (χ1v) is 4.32. The van der Waals surface area contributed by atoms with Crippen LogP contribution in [0.2, 0.25) is 0 Å². The smallest absolute Gasteiger partial charge is 0.250 e. The van der Waals surface area contributed by atoms with Crippen molar-refractivity contribution in [3.63, 3.8) is 0 Å². The summed E-state index contributed by atoms with van der Waals surface area (Å²) in [6, 6.07) is 1.63. The van der Waals surface area contributed by atoms with Gasteiger partial charge in [-0.1, -0.05) is 0 Å². The lowest BCUT2D eigenvalue weighted by molar-refractivity contribution is 1.07. The minimum absolute atomic E-state index is 0.0295. The van der Waals surface area contributed by atoms with Crippen LogP contribution in [0, 0.1) is 0 Å². The average molecular weight is 168 g/mol. The molecule has 0 atom stereocenters. The van der Waals surface area contributed by atoms with Crippen LogP contribution in [0.15, 0.2) is 22.0 Å². The summed E-state index contributed by atoms with van der Waals surface area (Å²) in [7, 11) is 1.98. The van der Waals surface area contributed by atoms with Crippen LogP contribution in [0.25, 0.3) is 0 Å². The zero-order valence-electron chi connectivity index (χ0n) is 6.13. The van der Waals surface area contributed by atoms with Crippen LogP contribution in [-0.2, 0) is 0 Å². The molecule has 1 aliphatic rings. The summed E-state index contributed by atoms with van der Waals surface area (Å²) >= 11 is 1.74. The van der Waals surface area contributed by atoms with Crippen molar-refractivity contribution in [1.29, 1.82) is 0 Å². The summed E-state index contributed by atoms with van der Waals surface area (Å²) in [5, 5.41) is 0. The molecule has 0 unspecified atom stereocenters. The van der Waals surface area contributed by atoms with Crippen molar-refractivity contribution in [2.45, 2.75) is 4.90 Å². The van der Waals surface area contributed by atoms with E-state index in [0.717, 1.165) is 16.5 Å². The van der Waals surface area contributed by atoms with Gasteiger partial charge >= 0.3 is 0 Å². The molecule has 0 saturated carbocycles. The molecule has 1 N–H and O–H groups in total. The number of hydrogen-bond donors (Lipinski definition) is 1. The monoisotopic (exact) mass is 168 g/mol. The summed E-state index contributed by atoms with van der Waals surface area (Å²) in [5.41, 5.74) is 1.01. The van der Waals surface area contributed by atoms with Crippen LogP contribution in [-0.4, -0.2) is 17.9 Å². The van der Waals surface area contributed by atoms with E-state index in [4.69, 9.17) is 0 Å². The number of H-pyrrole nitrogens is 1. The summed E-state index contributed by atoms with van der Waals surface area (Å²) in [5.74, 6) is 0.937. The second kappa shape index (κ2) is 2.30. The lowest BCUT2D eigenvalue weighted by Crippen LogP contribution is -2.13. The van der Waals surface area contributed by atoms with Gasteiger partial charge in [-0.25, -0.2) is 0 Å². The van der Waals surface area contributed by atoms with Gasteiger partial charge in [-0.05, 0) is 0 Å². The van der Waals surface area contributed by atoms with Crippen LogP contribution < -0.4 is 10.5 Å². The highest BCUT2D eigenvalue weighted by Crippen LogP contribution is 2.34. The number of aromatic nitrogens is 1. The number of nitrogens with one attached hydrogen (secondary N) is 1. The number of anilines is 1. The molecule has 1 aromatic heterocycles. The first kappa shape index (κ1) is 6.79. The van der Waals surface area contributed by atoms with Crippen molar-refractivity contribution in [2.24, 2.45) is 0 Å². The van der Waals surface area contributed by atoms with Gasteiger partial charge in [-0.3, -0.25) is 4.79 Å². The van der Waals surface area contributed by atoms with Crippen LogP contribution >= 0.6 is 11.8 Å². The van der Waals surface area contributed by atoms with E-state index in [1.165, 1.54) is 0 Å². The van der Waals surface area contributed by atoms with Gasteiger partial charge in [-0.2, -0.15) is 0 Å². The Labute approximate surface area is 68.4 Å². The van der Waals surface area contributed by atoms with E-state index in [1.54, 1.807) is 24.0 Å². The van der Waals surface area contributed by atoms with Gasteiger partial charge in [0.1, 0.15) is 0 Å². The molecule has 3 nitrogen and oxygen atoms in total. The average Bonchev–Trinajstić information content (AvgIpc) is 2.33. The highest BCUT2D eigenvalue weighted by molar-refractivity contribution is 7.99. The topological polar surface area (TPSA) is 36.1 Å².